The fraction of sp³-hybridized carbons (Fsp3) is 0.500. The monoisotopic (exact) mass is 421 g/mol. The Morgan fingerprint density at radius 1 is 1.07 bits per heavy atom. The van der Waals surface area contributed by atoms with Crippen molar-refractivity contribution in [2.24, 2.45) is 0 Å². The summed E-state index contributed by atoms with van der Waals surface area (Å²) in [5.41, 5.74) is 1.73. The van der Waals surface area contributed by atoms with E-state index in [2.05, 4.69) is 18.0 Å². The van der Waals surface area contributed by atoms with Crippen LogP contribution in [-0.4, -0.2) is 39.7 Å². The molecule has 3 atom stereocenters. The van der Waals surface area contributed by atoms with E-state index in [0.29, 0.717) is 24.1 Å². The molecule has 3 fully saturated rings. The molecular formula is C24H27N3O2S. The van der Waals surface area contributed by atoms with Crippen molar-refractivity contribution < 1.29 is 4.74 Å². The molecule has 0 N–H and O–H groups in total. The van der Waals surface area contributed by atoms with E-state index in [0.717, 1.165) is 40.3 Å². The Morgan fingerprint density at radius 3 is 2.43 bits per heavy atom. The first-order valence-electron chi connectivity index (χ1n) is 11.1. The third-order valence-corrected chi connectivity index (χ3v) is 8.44. The molecule has 2 saturated heterocycles. The highest BCUT2D eigenvalue weighted by Gasteiger charge is 2.39. The first kappa shape index (κ1) is 18.6. The van der Waals surface area contributed by atoms with Crippen LogP contribution in [0.4, 0.5) is 0 Å². The standard InChI is InChI=1S/C24H27N3O2S/c1-14-25-21-13-22(15-3-4-15)30-23(21)24(28)27(14)16-7-9-19(10-8-16)29-20-11-17-5-6-18(12-20)26(17)2/h7-10,13,15,17-18,20H,3-6,11-12H2,1-2H3/t17-,18+,20?. The van der Waals surface area contributed by atoms with Crippen LogP contribution in [0.3, 0.4) is 0 Å². The van der Waals surface area contributed by atoms with Crippen LogP contribution in [0, 0.1) is 6.92 Å². The summed E-state index contributed by atoms with van der Waals surface area (Å²) < 4.78 is 8.81. The number of benzene rings is 1. The minimum atomic E-state index is 0.0370. The van der Waals surface area contributed by atoms with Crippen LogP contribution in [0.2, 0.25) is 0 Å². The maximum Gasteiger partial charge on any atom is 0.276 e. The normalized spacial score (nSPS) is 26.4. The second kappa shape index (κ2) is 6.92. The molecule has 0 spiro atoms. The Bertz CT molecular complexity index is 1150. The zero-order valence-corrected chi connectivity index (χ0v) is 18.3. The third-order valence-electron chi connectivity index (χ3n) is 7.17. The summed E-state index contributed by atoms with van der Waals surface area (Å²) in [6.07, 6.45) is 7.57. The molecule has 2 aliphatic heterocycles. The largest absolute Gasteiger partial charge is 0.490 e. The summed E-state index contributed by atoms with van der Waals surface area (Å²) in [5, 5.41) is 0. The zero-order valence-electron chi connectivity index (χ0n) is 17.5. The molecule has 4 heterocycles. The van der Waals surface area contributed by atoms with Gasteiger partial charge >= 0.3 is 0 Å². The number of rotatable bonds is 4. The summed E-state index contributed by atoms with van der Waals surface area (Å²) >= 11 is 1.62. The lowest BCUT2D eigenvalue weighted by Gasteiger charge is -2.36. The number of thiophene rings is 1. The fourth-order valence-corrected chi connectivity index (χ4v) is 6.50. The minimum Gasteiger partial charge on any atom is -0.490 e. The van der Waals surface area contributed by atoms with Gasteiger partial charge in [-0.25, -0.2) is 4.98 Å². The molecule has 2 bridgehead atoms. The van der Waals surface area contributed by atoms with Crippen LogP contribution >= 0.6 is 11.3 Å². The molecule has 6 rings (SSSR count). The van der Waals surface area contributed by atoms with Crippen molar-refractivity contribution in [1.82, 2.24) is 14.5 Å². The van der Waals surface area contributed by atoms with E-state index >= 15 is 0 Å². The molecular weight excluding hydrogens is 394 g/mol. The number of piperidine rings is 1. The van der Waals surface area contributed by atoms with Gasteiger partial charge in [-0.1, -0.05) is 0 Å². The quantitative estimate of drug-likeness (QED) is 0.616. The predicted molar refractivity (Wildman–Crippen MR) is 120 cm³/mol. The molecule has 1 aromatic carbocycles. The molecule has 1 aliphatic carbocycles. The van der Waals surface area contributed by atoms with E-state index in [4.69, 9.17) is 9.72 Å². The molecule has 1 unspecified atom stereocenters. The van der Waals surface area contributed by atoms with E-state index in [1.54, 1.807) is 15.9 Å². The van der Waals surface area contributed by atoms with Gasteiger partial charge in [-0.15, -0.1) is 11.3 Å². The fourth-order valence-electron chi connectivity index (χ4n) is 5.31. The molecule has 0 amide bonds. The van der Waals surface area contributed by atoms with Crippen LogP contribution in [0.25, 0.3) is 15.9 Å². The Kier molecular flexibility index (Phi) is 4.29. The summed E-state index contributed by atoms with van der Waals surface area (Å²) in [4.78, 5) is 21.8. The van der Waals surface area contributed by atoms with Crippen LogP contribution in [0.5, 0.6) is 5.75 Å². The van der Waals surface area contributed by atoms with Crippen molar-refractivity contribution in [3.63, 3.8) is 0 Å². The second-order valence-corrected chi connectivity index (χ2v) is 10.3. The summed E-state index contributed by atoms with van der Waals surface area (Å²) in [6, 6.07) is 11.4. The second-order valence-electron chi connectivity index (χ2n) is 9.19. The van der Waals surface area contributed by atoms with Gasteiger partial charge in [-0.2, -0.15) is 0 Å². The van der Waals surface area contributed by atoms with E-state index in [-0.39, 0.29) is 5.56 Å². The van der Waals surface area contributed by atoms with Crippen LogP contribution in [0.1, 0.15) is 55.1 Å². The van der Waals surface area contributed by atoms with Crippen LogP contribution in [0.15, 0.2) is 35.1 Å². The maximum absolute atomic E-state index is 13.2. The van der Waals surface area contributed by atoms with E-state index in [9.17, 15) is 4.79 Å². The predicted octanol–water partition coefficient (Wildman–Crippen LogP) is 4.64. The van der Waals surface area contributed by atoms with Crippen molar-refractivity contribution in [3.05, 3.63) is 51.4 Å². The Hall–Kier alpha value is -2.18. The summed E-state index contributed by atoms with van der Waals surface area (Å²) in [5.74, 6) is 2.26. The number of nitrogens with zero attached hydrogens (tertiary/aromatic N) is 3. The molecule has 1 saturated carbocycles. The number of hydrogen-bond donors (Lipinski definition) is 0. The first-order chi connectivity index (χ1) is 14.6. The highest BCUT2D eigenvalue weighted by molar-refractivity contribution is 7.19. The van der Waals surface area contributed by atoms with Crippen molar-refractivity contribution in [2.45, 2.75) is 69.6 Å². The van der Waals surface area contributed by atoms with Gasteiger partial charge in [0.2, 0.25) is 0 Å². The van der Waals surface area contributed by atoms with Gasteiger partial charge in [-0.3, -0.25) is 9.36 Å². The molecule has 0 radical (unpaired) electrons. The lowest BCUT2D eigenvalue weighted by Crippen LogP contribution is -2.43. The van der Waals surface area contributed by atoms with Crippen molar-refractivity contribution in [2.75, 3.05) is 7.05 Å². The van der Waals surface area contributed by atoms with Gasteiger partial charge in [0.05, 0.1) is 11.2 Å². The number of fused-ring (bicyclic) bond motifs is 3. The van der Waals surface area contributed by atoms with Crippen molar-refractivity contribution in [1.29, 1.82) is 0 Å². The third kappa shape index (κ3) is 3.08. The SMILES string of the molecule is Cc1nc2cc(C3CC3)sc2c(=O)n1-c1ccc(OC2C[C@H]3CC[C@@H](C2)N3C)cc1. The van der Waals surface area contributed by atoms with Crippen molar-refractivity contribution >= 4 is 21.6 Å². The Balaban J connectivity index is 1.26. The number of hydrogen-bond acceptors (Lipinski definition) is 5. The highest BCUT2D eigenvalue weighted by atomic mass is 32.1. The first-order valence-corrected chi connectivity index (χ1v) is 11.9. The van der Waals surface area contributed by atoms with Gasteiger partial charge in [0.25, 0.3) is 5.56 Å². The van der Waals surface area contributed by atoms with E-state index < -0.39 is 0 Å². The van der Waals surface area contributed by atoms with E-state index in [1.165, 1.54) is 30.6 Å². The van der Waals surface area contributed by atoms with Gasteiger partial charge in [0.1, 0.15) is 22.4 Å². The Labute approximate surface area is 180 Å². The number of aryl methyl sites for hydroxylation is 1. The van der Waals surface area contributed by atoms with Crippen LogP contribution in [-0.2, 0) is 0 Å². The highest BCUT2D eigenvalue weighted by Crippen LogP contribution is 2.44. The van der Waals surface area contributed by atoms with Gasteiger partial charge in [0.15, 0.2) is 0 Å². The number of aromatic nitrogens is 2. The topological polar surface area (TPSA) is 47.4 Å². The Morgan fingerprint density at radius 2 is 1.77 bits per heavy atom. The molecule has 156 valence electrons. The van der Waals surface area contributed by atoms with Gasteiger partial charge in [-0.05, 0) is 88.7 Å². The van der Waals surface area contributed by atoms with Gasteiger partial charge in [0, 0.05) is 17.0 Å². The summed E-state index contributed by atoms with van der Waals surface area (Å²) in [6.45, 7) is 1.91. The molecule has 6 heteroatoms. The van der Waals surface area contributed by atoms with E-state index in [1.807, 2.05) is 31.2 Å². The average Bonchev–Trinajstić information content (AvgIpc) is 3.46. The smallest absolute Gasteiger partial charge is 0.276 e. The van der Waals surface area contributed by atoms with Crippen LogP contribution < -0.4 is 10.3 Å². The molecule has 2 aromatic heterocycles. The van der Waals surface area contributed by atoms with Gasteiger partial charge < -0.3 is 9.64 Å². The molecule has 5 nitrogen and oxygen atoms in total. The minimum absolute atomic E-state index is 0.0370. The lowest BCUT2D eigenvalue weighted by atomic mass is 10.0. The lowest BCUT2D eigenvalue weighted by molar-refractivity contribution is 0.0662. The molecule has 3 aliphatic rings. The zero-order chi connectivity index (χ0) is 20.4. The molecule has 3 aromatic rings. The number of ether oxygens (including phenoxy) is 1. The molecule has 30 heavy (non-hydrogen) atoms. The average molecular weight is 422 g/mol. The summed E-state index contributed by atoms with van der Waals surface area (Å²) in [7, 11) is 2.25. The van der Waals surface area contributed by atoms with Crippen molar-refractivity contribution in [3.8, 4) is 11.4 Å². The maximum atomic E-state index is 13.2.